The Morgan fingerprint density at radius 1 is 1.53 bits per heavy atom. The number of anilines is 1. The van der Waals surface area contributed by atoms with Gasteiger partial charge in [-0.25, -0.2) is 14.6 Å². The van der Waals surface area contributed by atoms with Crippen LogP contribution in [0.1, 0.15) is 16.9 Å². The first-order valence-electron chi connectivity index (χ1n) is 5.88. The zero-order valence-corrected chi connectivity index (χ0v) is 10.5. The van der Waals surface area contributed by atoms with E-state index in [1.165, 1.54) is 18.3 Å². The summed E-state index contributed by atoms with van der Waals surface area (Å²) in [6.45, 7) is 1.20. The molecule has 1 aliphatic rings. The molecule has 2 heterocycles. The number of methoxy groups -OCH3 is 1. The van der Waals surface area contributed by atoms with E-state index in [0.29, 0.717) is 18.8 Å². The number of carboxylic acids is 1. The summed E-state index contributed by atoms with van der Waals surface area (Å²) >= 11 is 0. The Kier molecular flexibility index (Phi) is 3.96. The highest BCUT2D eigenvalue weighted by Crippen LogP contribution is 2.14. The molecular formula is C12H15N3O4. The van der Waals surface area contributed by atoms with Gasteiger partial charge in [0.25, 0.3) is 0 Å². The zero-order valence-electron chi connectivity index (χ0n) is 10.5. The third kappa shape index (κ3) is 3.19. The number of likely N-dealkylation sites (tertiary alicyclic amines) is 1. The minimum absolute atomic E-state index is 0.0568. The Hall–Kier alpha value is -2.15. The molecule has 2 N–H and O–H groups in total. The van der Waals surface area contributed by atoms with E-state index in [2.05, 4.69) is 10.3 Å². The SMILES string of the molecule is COC1CCN(C(=O)Nc2ccc(C(=O)O)nc2)C1. The van der Waals surface area contributed by atoms with Gasteiger partial charge in [-0.2, -0.15) is 0 Å². The summed E-state index contributed by atoms with van der Waals surface area (Å²) in [6.07, 6.45) is 2.23. The van der Waals surface area contributed by atoms with Crippen molar-refractivity contribution in [3.05, 3.63) is 24.0 Å². The van der Waals surface area contributed by atoms with E-state index >= 15 is 0 Å². The molecule has 0 radical (unpaired) electrons. The molecular weight excluding hydrogens is 250 g/mol. The summed E-state index contributed by atoms with van der Waals surface area (Å²) in [5.74, 6) is -1.10. The van der Waals surface area contributed by atoms with E-state index in [4.69, 9.17) is 9.84 Å². The van der Waals surface area contributed by atoms with Gasteiger partial charge in [0.05, 0.1) is 18.0 Å². The number of carbonyl (C=O) groups is 2. The number of rotatable bonds is 3. The minimum Gasteiger partial charge on any atom is -0.477 e. The number of hydrogen-bond acceptors (Lipinski definition) is 4. The summed E-state index contributed by atoms with van der Waals surface area (Å²) in [6, 6.07) is 2.63. The van der Waals surface area contributed by atoms with Crippen LogP contribution in [-0.4, -0.2) is 53.3 Å². The Bertz CT molecular complexity index is 474. The monoisotopic (exact) mass is 265 g/mol. The van der Waals surface area contributed by atoms with E-state index in [9.17, 15) is 9.59 Å². The van der Waals surface area contributed by atoms with Crippen LogP contribution in [0, 0.1) is 0 Å². The van der Waals surface area contributed by atoms with Gasteiger partial charge < -0.3 is 20.1 Å². The Morgan fingerprint density at radius 3 is 2.84 bits per heavy atom. The number of carboxylic acid groups (broad SMARTS) is 1. The van der Waals surface area contributed by atoms with Gasteiger partial charge in [0, 0.05) is 20.2 Å². The lowest BCUT2D eigenvalue weighted by Crippen LogP contribution is -2.33. The number of nitrogens with zero attached hydrogens (tertiary/aromatic N) is 2. The minimum atomic E-state index is -1.10. The second-order valence-electron chi connectivity index (χ2n) is 4.26. The van der Waals surface area contributed by atoms with Crippen molar-refractivity contribution in [3.8, 4) is 0 Å². The fraction of sp³-hybridized carbons (Fsp3) is 0.417. The third-order valence-electron chi connectivity index (χ3n) is 3.00. The zero-order chi connectivity index (χ0) is 13.8. The molecule has 1 aromatic rings. The molecule has 1 fully saturated rings. The third-order valence-corrected chi connectivity index (χ3v) is 3.00. The van der Waals surface area contributed by atoms with E-state index in [0.717, 1.165) is 6.42 Å². The molecule has 2 amide bonds. The number of aromatic carboxylic acids is 1. The molecule has 1 aliphatic heterocycles. The van der Waals surface area contributed by atoms with Gasteiger partial charge in [-0.3, -0.25) is 0 Å². The number of nitrogens with one attached hydrogen (secondary N) is 1. The number of ether oxygens (including phenoxy) is 1. The Labute approximate surface area is 110 Å². The summed E-state index contributed by atoms with van der Waals surface area (Å²) in [7, 11) is 1.63. The summed E-state index contributed by atoms with van der Waals surface area (Å²) in [4.78, 5) is 27.9. The van der Waals surface area contributed by atoms with Crippen molar-refractivity contribution < 1.29 is 19.4 Å². The maximum atomic E-state index is 11.9. The summed E-state index contributed by atoms with van der Waals surface area (Å²) < 4.78 is 5.18. The highest BCUT2D eigenvalue weighted by Gasteiger charge is 2.25. The molecule has 1 unspecified atom stereocenters. The predicted octanol–water partition coefficient (Wildman–Crippen LogP) is 1.03. The van der Waals surface area contributed by atoms with E-state index in [-0.39, 0.29) is 17.8 Å². The number of pyridine rings is 1. The van der Waals surface area contributed by atoms with Crippen molar-refractivity contribution >= 4 is 17.7 Å². The number of carbonyl (C=O) groups excluding carboxylic acids is 1. The molecule has 0 aliphatic carbocycles. The molecule has 7 nitrogen and oxygen atoms in total. The molecule has 1 aromatic heterocycles. The van der Waals surface area contributed by atoms with Crippen LogP contribution in [0.2, 0.25) is 0 Å². The fourth-order valence-corrected chi connectivity index (χ4v) is 1.90. The molecule has 0 spiro atoms. The Morgan fingerprint density at radius 2 is 2.32 bits per heavy atom. The van der Waals surface area contributed by atoms with Crippen molar-refractivity contribution in [2.45, 2.75) is 12.5 Å². The van der Waals surface area contributed by atoms with Crippen molar-refractivity contribution in [3.63, 3.8) is 0 Å². The lowest BCUT2D eigenvalue weighted by atomic mass is 10.3. The van der Waals surface area contributed by atoms with E-state index < -0.39 is 5.97 Å². The largest absolute Gasteiger partial charge is 0.477 e. The normalized spacial score (nSPS) is 18.4. The van der Waals surface area contributed by atoms with Crippen LogP contribution in [-0.2, 0) is 4.74 Å². The number of hydrogen-bond donors (Lipinski definition) is 2. The molecule has 0 saturated carbocycles. The molecule has 0 aromatic carbocycles. The average molecular weight is 265 g/mol. The molecule has 2 rings (SSSR count). The van der Waals surface area contributed by atoms with Gasteiger partial charge in [-0.15, -0.1) is 0 Å². The number of aromatic nitrogens is 1. The molecule has 0 bridgehead atoms. The second kappa shape index (κ2) is 5.66. The molecule has 19 heavy (non-hydrogen) atoms. The summed E-state index contributed by atoms with van der Waals surface area (Å²) in [5.41, 5.74) is 0.412. The highest BCUT2D eigenvalue weighted by molar-refractivity contribution is 5.90. The van der Waals surface area contributed by atoms with Crippen LogP contribution in [0.5, 0.6) is 0 Å². The van der Waals surface area contributed by atoms with Crippen molar-refractivity contribution in [2.75, 3.05) is 25.5 Å². The van der Waals surface area contributed by atoms with Crippen LogP contribution in [0.15, 0.2) is 18.3 Å². The summed E-state index contributed by atoms with van der Waals surface area (Å²) in [5, 5.41) is 11.4. The number of urea groups is 1. The standard InChI is InChI=1S/C12H15N3O4/c1-19-9-4-5-15(7-9)12(18)14-8-2-3-10(11(16)17)13-6-8/h2-3,6,9H,4-5,7H2,1H3,(H,14,18)(H,16,17). The van der Waals surface area contributed by atoms with E-state index in [1.54, 1.807) is 12.0 Å². The highest BCUT2D eigenvalue weighted by atomic mass is 16.5. The smallest absolute Gasteiger partial charge is 0.354 e. The first kappa shape index (κ1) is 13.3. The maximum absolute atomic E-state index is 11.9. The van der Waals surface area contributed by atoms with Crippen LogP contribution < -0.4 is 5.32 Å². The van der Waals surface area contributed by atoms with E-state index in [1.807, 2.05) is 0 Å². The molecule has 7 heteroatoms. The van der Waals surface area contributed by atoms with Crippen molar-refractivity contribution in [1.29, 1.82) is 0 Å². The first-order chi connectivity index (χ1) is 9.10. The van der Waals surface area contributed by atoms with Crippen LogP contribution in [0.25, 0.3) is 0 Å². The Balaban J connectivity index is 1.94. The fourth-order valence-electron chi connectivity index (χ4n) is 1.90. The van der Waals surface area contributed by atoms with Crippen LogP contribution in [0.4, 0.5) is 10.5 Å². The maximum Gasteiger partial charge on any atom is 0.354 e. The molecule has 1 saturated heterocycles. The van der Waals surface area contributed by atoms with Gasteiger partial charge in [0.1, 0.15) is 5.69 Å². The van der Waals surface area contributed by atoms with Gasteiger partial charge in [-0.05, 0) is 18.6 Å². The van der Waals surface area contributed by atoms with Crippen molar-refractivity contribution in [1.82, 2.24) is 9.88 Å². The molecule has 102 valence electrons. The predicted molar refractivity (Wildman–Crippen MR) is 67.2 cm³/mol. The average Bonchev–Trinajstić information content (AvgIpc) is 2.88. The lowest BCUT2D eigenvalue weighted by molar-refractivity contribution is 0.0690. The quantitative estimate of drug-likeness (QED) is 0.851. The van der Waals surface area contributed by atoms with Crippen LogP contribution in [0.3, 0.4) is 0 Å². The van der Waals surface area contributed by atoms with Gasteiger partial charge >= 0.3 is 12.0 Å². The topological polar surface area (TPSA) is 91.8 Å². The van der Waals surface area contributed by atoms with Gasteiger partial charge in [0.15, 0.2) is 0 Å². The molecule has 1 atom stereocenters. The van der Waals surface area contributed by atoms with Gasteiger partial charge in [0.2, 0.25) is 0 Å². The van der Waals surface area contributed by atoms with Gasteiger partial charge in [-0.1, -0.05) is 0 Å². The first-order valence-corrected chi connectivity index (χ1v) is 5.88. The van der Waals surface area contributed by atoms with Crippen molar-refractivity contribution in [2.24, 2.45) is 0 Å². The lowest BCUT2D eigenvalue weighted by Gasteiger charge is -2.16. The number of amides is 2. The van der Waals surface area contributed by atoms with Crippen LogP contribution >= 0.6 is 0 Å². The second-order valence-corrected chi connectivity index (χ2v) is 4.26.